The Balaban J connectivity index is 2.56. The molecule has 0 spiro atoms. The first-order valence-corrected chi connectivity index (χ1v) is 6.13. The number of hydrogen-bond donors (Lipinski definition) is 1. The van der Waals surface area contributed by atoms with Gasteiger partial charge in [0.15, 0.2) is 0 Å². The minimum Gasteiger partial charge on any atom is -0.398 e. The summed E-state index contributed by atoms with van der Waals surface area (Å²) in [7, 11) is 2.14. The van der Waals surface area contributed by atoms with Crippen molar-refractivity contribution in [1.29, 1.82) is 0 Å². The number of benzene rings is 1. The molecule has 2 N–H and O–H groups in total. The summed E-state index contributed by atoms with van der Waals surface area (Å²) in [5.74, 6) is 0.731. The van der Waals surface area contributed by atoms with Gasteiger partial charge >= 0.3 is 0 Å². The van der Waals surface area contributed by atoms with E-state index in [1.165, 1.54) is 12.0 Å². The van der Waals surface area contributed by atoms with Gasteiger partial charge in [-0.25, -0.2) is 0 Å². The van der Waals surface area contributed by atoms with E-state index in [-0.39, 0.29) is 0 Å². The number of rotatable bonds is 5. The molecule has 0 bridgehead atoms. The second-order valence-electron chi connectivity index (χ2n) is 4.57. The highest BCUT2D eigenvalue weighted by Gasteiger charge is 2.06. The Labute approximate surface area is 103 Å². The van der Waals surface area contributed by atoms with Crippen LogP contribution >= 0.6 is 11.6 Å². The van der Waals surface area contributed by atoms with Crippen LogP contribution in [0.5, 0.6) is 0 Å². The molecule has 0 fully saturated rings. The van der Waals surface area contributed by atoms with E-state index in [1.54, 1.807) is 0 Å². The maximum Gasteiger partial charge on any atom is 0.0635 e. The van der Waals surface area contributed by atoms with Crippen molar-refractivity contribution in [2.24, 2.45) is 5.92 Å². The van der Waals surface area contributed by atoms with E-state index >= 15 is 0 Å². The first-order valence-electron chi connectivity index (χ1n) is 5.75. The van der Waals surface area contributed by atoms with Gasteiger partial charge in [-0.3, -0.25) is 0 Å². The average Bonchev–Trinajstić information content (AvgIpc) is 2.23. The Bertz CT molecular complexity index is 339. The molecule has 2 nitrogen and oxygen atoms in total. The highest BCUT2D eigenvalue weighted by Crippen LogP contribution is 2.20. The molecule has 1 atom stereocenters. The molecule has 1 unspecified atom stereocenters. The molecule has 0 radical (unpaired) electrons. The van der Waals surface area contributed by atoms with Crippen LogP contribution in [0.3, 0.4) is 0 Å². The molecule has 1 aromatic rings. The number of anilines is 1. The third-order valence-electron chi connectivity index (χ3n) is 2.83. The first-order chi connectivity index (χ1) is 7.52. The zero-order chi connectivity index (χ0) is 12.1. The molecule has 0 saturated heterocycles. The van der Waals surface area contributed by atoms with Crippen LogP contribution in [0.2, 0.25) is 5.02 Å². The molecule has 0 aliphatic rings. The highest BCUT2D eigenvalue weighted by molar-refractivity contribution is 6.33. The Morgan fingerprint density at radius 3 is 2.69 bits per heavy atom. The van der Waals surface area contributed by atoms with Crippen LogP contribution in [0.15, 0.2) is 18.2 Å². The number of nitrogen functional groups attached to an aromatic ring is 1. The SMILES string of the molecule is CCC(C)CN(C)Cc1ccc(Cl)c(N)c1. The Morgan fingerprint density at radius 2 is 2.12 bits per heavy atom. The Hall–Kier alpha value is -0.730. The van der Waals surface area contributed by atoms with Crippen molar-refractivity contribution in [2.45, 2.75) is 26.8 Å². The molecule has 0 heterocycles. The quantitative estimate of drug-likeness (QED) is 0.800. The zero-order valence-electron chi connectivity index (χ0n) is 10.3. The lowest BCUT2D eigenvalue weighted by Crippen LogP contribution is -2.23. The minimum atomic E-state index is 0.633. The van der Waals surface area contributed by atoms with Gasteiger partial charge in [-0.2, -0.15) is 0 Å². The van der Waals surface area contributed by atoms with E-state index in [2.05, 4.69) is 25.8 Å². The minimum absolute atomic E-state index is 0.633. The summed E-state index contributed by atoms with van der Waals surface area (Å²) in [6.45, 7) is 6.52. The van der Waals surface area contributed by atoms with Crippen LogP contribution < -0.4 is 5.73 Å². The number of hydrogen-bond acceptors (Lipinski definition) is 2. The van der Waals surface area contributed by atoms with Crippen LogP contribution in [0.4, 0.5) is 5.69 Å². The highest BCUT2D eigenvalue weighted by atomic mass is 35.5. The van der Waals surface area contributed by atoms with Gasteiger partial charge in [0.05, 0.1) is 10.7 Å². The van der Waals surface area contributed by atoms with Gasteiger partial charge in [0, 0.05) is 13.1 Å². The Kier molecular flexibility index (Phi) is 5.10. The standard InChI is InChI=1S/C13H21ClN2/c1-4-10(2)8-16(3)9-11-5-6-12(14)13(15)7-11/h5-7,10H,4,8-9,15H2,1-3H3. The predicted molar refractivity (Wildman–Crippen MR) is 71.7 cm³/mol. The van der Waals surface area contributed by atoms with Gasteiger partial charge in [-0.05, 0) is 30.7 Å². The fourth-order valence-electron chi connectivity index (χ4n) is 1.73. The zero-order valence-corrected chi connectivity index (χ0v) is 11.1. The summed E-state index contributed by atoms with van der Waals surface area (Å²) in [6.07, 6.45) is 1.22. The van der Waals surface area contributed by atoms with Crippen LogP contribution in [0, 0.1) is 5.92 Å². The van der Waals surface area contributed by atoms with E-state index in [1.807, 2.05) is 18.2 Å². The second kappa shape index (κ2) is 6.12. The third-order valence-corrected chi connectivity index (χ3v) is 3.18. The van der Waals surface area contributed by atoms with Gasteiger partial charge < -0.3 is 10.6 Å². The molecule has 90 valence electrons. The lowest BCUT2D eigenvalue weighted by atomic mass is 10.1. The van der Waals surface area contributed by atoms with E-state index in [9.17, 15) is 0 Å². The van der Waals surface area contributed by atoms with Crippen LogP contribution in [-0.4, -0.2) is 18.5 Å². The van der Waals surface area contributed by atoms with Crippen molar-refractivity contribution in [3.8, 4) is 0 Å². The average molecular weight is 241 g/mol. The monoisotopic (exact) mass is 240 g/mol. The molecule has 0 amide bonds. The van der Waals surface area contributed by atoms with Crippen molar-refractivity contribution in [1.82, 2.24) is 4.90 Å². The first kappa shape index (κ1) is 13.3. The van der Waals surface area contributed by atoms with Crippen LogP contribution in [0.1, 0.15) is 25.8 Å². The molecular weight excluding hydrogens is 220 g/mol. The molecule has 0 aliphatic heterocycles. The Morgan fingerprint density at radius 1 is 1.44 bits per heavy atom. The van der Waals surface area contributed by atoms with Crippen LogP contribution in [0.25, 0.3) is 0 Å². The normalized spacial score (nSPS) is 13.1. The summed E-state index contributed by atoms with van der Waals surface area (Å²) in [6, 6.07) is 5.85. The molecule has 16 heavy (non-hydrogen) atoms. The molecular formula is C13H21ClN2. The lowest BCUT2D eigenvalue weighted by molar-refractivity contribution is 0.275. The molecule has 3 heteroatoms. The number of nitrogens with two attached hydrogens (primary N) is 1. The van der Waals surface area contributed by atoms with Gasteiger partial charge in [-0.1, -0.05) is 37.9 Å². The molecule has 0 aliphatic carbocycles. The largest absolute Gasteiger partial charge is 0.398 e. The summed E-state index contributed by atoms with van der Waals surface area (Å²) >= 11 is 5.89. The summed E-state index contributed by atoms with van der Waals surface area (Å²) < 4.78 is 0. The van der Waals surface area contributed by atoms with Crippen molar-refractivity contribution in [3.05, 3.63) is 28.8 Å². The van der Waals surface area contributed by atoms with E-state index < -0.39 is 0 Å². The van der Waals surface area contributed by atoms with E-state index in [0.717, 1.165) is 19.0 Å². The molecule has 0 aromatic heterocycles. The van der Waals surface area contributed by atoms with Gasteiger partial charge in [-0.15, -0.1) is 0 Å². The molecule has 1 aromatic carbocycles. The number of halogens is 1. The smallest absolute Gasteiger partial charge is 0.0635 e. The van der Waals surface area contributed by atoms with E-state index in [0.29, 0.717) is 10.7 Å². The van der Waals surface area contributed by atoms with Gasteiger partial charge in [0.1, 0.15) is 0 Å². The number of nitrogens with zero attached hydrogens (tertiary/aromatic N) is 1. The van der Waals surface area contributed by atoms with Crippen LogP contribution in [-0.2, 0) is 6.54 Å². The molecule has 0 saturated carbocycles. The fourth-order valence-corrected chi connectivity index (χ4v) is 1.85. The van der Waals surface area contributed by atoms with Crippen molar-refractivity contribution in [2.75, 3.05) is 19.3 Å². The maximum absolute atomic E-state index is 5.89. The predicted octanol–water partition coefficient (Wildman–Crippen LogP) is 3.40. The fraction of sp³-hybridized carbons (Fsp3) is 0.538. The maximum atomic E-state index is 5.89. The van der Waals surface area contributed by atoms with Crippen molar-refractivity contribution >= 4 is 17.3 Å². The van der Waals surface area contributed by atoms with Gasteiger partial charge in [0.25, 0.3) is 0 Å². The third kappa shape index (κ3) is 4.03. The van der Waals surface area contributed by atoms with Crippen molar-refractivity contribution in [3.63, 3.8) is 0 Å². The summed E-state index contributed by atoms with van der Waals surface area (Å²) in [5, 5.41) is 0.633. The van der Waals surface area contributed by atoms with Crippen molar-refractivity contribution < 1.29 is 0 Å². The second-order valence-corrected chi connectivity index (χ2v) is 4.97. The summed E-state index contributed by atoms with van der Waals surface area (Å²) in [4.78, 5) is 2.32. The van der Waals surface area contributed by atoms with Gasteiger partial charge in [0.2, 0.25) is 0 Å². The molecule has 1 rings (SSSR count). The van der Waals surface area contributed by atoms with E-state index in [4.69, 9.17) is 17.3 Å². The topological polar surface area (TPSA) is 29.3 Å². The summed E-state index contributed by atoms with van der Waals surface area (Å²) in [5.41, 5.74) is 7.65. The lowest BCUT2D eigenvalue weighted by Gasteiger charge is -2.20.